The highest BCUT2D eigenvalue weighted by Gasteiger charge is 2.26. The average molecular weight is 424 g/mol. The number of hydrogen-bond donors (Lipinski definition) is 1. The van der Waals surface area contributed by atoms with Gasteiger partial charge in [0.1, 0.15) is 12.1 Å². The molecule has 10 heteroatoms. The fourth-order valence-electron chi connectivity index (χ4n) is 3.23. The number of nitrogens with two attached hydrogens (primary N) is 1. The number of piperazine rings is 1. The highest BCUT2D eigenvalue weighted by molar-refractivity contribution is 5.85. The molecule has 0 bridgehead atoms. The highest BCUT2D eigenvalue weighted by Crippen LogP contribution is 2.15. The zero-order valence-electron chi connectivity index (χ0n) is 15.2. The molecule has 1 aliphatic rings. The van der Waals surface area contributed by atoms with Gasteiger partial charge >= 0.3 is 0 Å². The van der Waals surface area contributed by atoms with Gasteiger partial charge < -0.3 is 15.5 Å². The van der Waals surface area contributed by atoms with Gasteiger partial charge in [-0.1, -0.05) is 30.3 Å². The van der Waals surface area contributed by atoms with Crippen LogP contribution in [0.25, 0.3) is 5.65 Å². The maximum absolute atomic E-state index is 12.6. The lowest BCUT2D eigenvalue weighted by Crippen LogP contribution is -2.53. The minimum atomic E-state index is -0.504. The van der Waals surface area contributed by atoms with E-state index < -0.39 is 6.04 Å². The van der Waals surface area contributed by atoms with E-state index in [1.807, 2.05) is 47.4 Å². The maximum atomic E-state index is 12.6. The molecule has 1 saturated heterocycles. The number of halogens is 2. The molecule has 1 amide bonds. The third-order valence-corrected chi connectivity index (χ3v) is 4.68. The van der Waals surface area contributed by atoms with Gasteiger partial charge in [0.25, 0.3) is 0 Å². The van der Waals surface area contributed by atoms with Crippen LogP contribution in [0.15, 0.2) is 48.8 Å². The van der Waals surface area contributed by atoms with E-state index in [9.17, 15) is 4.79 Å². The van der Waals surface area contributed by atoms with Crippen LogP contribution in [-0.4, -0.2) is 62.8 Å². The number of rotatable bonds is 4. The topological polar surface area (TPSA) is 92.7 Å². The van der Waals surface area contributed by atoms with Crippen molar-refractivity contribution in [1.29, 1.82) is 0 Å². The third-order valence-electron chi connectivity index (χ3n) is 4.68. The molecule has 150 valence electrons. The molecular weight excluding hydrogens is 401 g/mol. The molecule has 8 nitrogen and oxygen atoms in total. The molecule has 0 aliphatic carbocycles. The maximum Gasteiger partial charge on any atom is 0.239 e. The number of hydrogen-bond acceptors (Lipinski definition) is 6. The second-order valence-corrected chi connectivity index (χ2v) is 6.43. The van der Waals surface area contributed by atoms with Crippen molar-refractivity contribution in [3.05, 3.63) is 54.4 Å². The Bertz CT molecular complexity index is 897. The van der Waals surface area contributed by atoms with E-state index in [-0.39, 0.29) is 30.7 Å². The minimum Gasteiger partial charge on any atom is -0.352 e. The summed E-state index contributed by atoms with van der Waals surface area (Å²) in [6.45, 7) is 2.74. The van der Waals surface area contributed by atoms with E-state index in [1.54, 1.807) is 10.8 Å². The number of carbonyl (C=O) groups is 1. The van der Waals surface area contributed by atoms with Crippen molar-refractivity contribution in [2.75, 3.05) is 31.1 Å². The van der Waals surface area contributed by atoms with Crippen LogP contribution in [0.3, 0.4) is 0 Å². The van der Waals surface area contributed by atoms with E-state index in [0.29, 0.717) is 19.5 Å². The highest BCUT2D eigenvalue weighted by atomic mass is 35.5. The number of carbonyl (C=O) groups excluding carboxylic acids is 1. The number of amides is 1. The van der Waals surface area contributed by atoms with E-state index in [0.717, 1.165) is 30.1 Å². The average Bonchev–Trinajstić information content (AvgIpc) is 3.16. The molecule has 1 fully saturated rings. The molecular formula is C18H23Cl2N7O. The molecule has 0 saturated carbocycles. The van der Waals surface area contributed by atoms with Crippen LogP contribution in [0, 0.1) is 0 Å². The third kappa shape index (κ3) is 4.70. The lowest BCUT2D eigenvalue weighted by atomic mass is 10.1. The summed E-state index contributed by atoms with van der Waals surface area (Å²) >= 11 is 0. The first kappa shape index (κ1) is 21.9. The zero-order chi connectivity index (χ0) is 17.9. The predicted octanol–water partition coefficient (Wildman–Crippen LogP) is 1.19. The van der Waals surface area contributed by atoms with Gasteiger partial charge in [0, 0.05) is 26.2 Å². The summed E-state index contributed by atoms with van der Waals surface area (Å²) in [7, 11) is 0. The lowest BCUT2D eigenvalue weighted by molar-refractivity contribution is -0.132. The summed E-state index contributed by atoms with van der Waals surface area (Å²) in [6, 6.07) is 13.2. The number of fused-ring (bicyclic) bond motifs is 1. The van der Waals surface area contributed by atoms with Gasteiger partial charge in [0.05, 0.1) is 6.04 Å². The number of anilines is 1. The fraction of sp³-hybridized carbons (Fsp3) is 0.333. The summed E-state index contributed by atoms with van der Waals surface area (Å²) in [6.07, 6.45) is 2.15. The van der Waals surface area contributed by atoms with Gasteiger partial charge in [0.15, 0.2) is 5.65 Å². The van der Waals surface area contributed by atoms with Crippen LogP contribution in [0.2, 0.25) is 0 Å². The molecule has 1 aliphatic heterocycles. The van der Waals surface area contributed by atoms with Crippen molar-refractivity contribution >= 4 is 42.2 Å². The van der Waals surface area contributed by atoms with Gasteiger partial charge in [-0.2, -0.15) is 4.52 Å². The monoisotopic (exact) mass is 423 g/mol. The number of aromatic nitrogens is 4. The Morgan fingerprint density at radius 1 is 1.04 bits per heavy atom. The number of nitrogens with zero attached hydrogens (tertiary/aromatic N) is 6. The minimum absolute atomic E-state index is 0. The van der Waals surface area contributed by atoms with Crippen LogP contribution >= 0.6 is 24.8 Å². The summed E-state index contributed by atoms with van der Waals surface area (Å²) in [5.41, 5.74) is 7.94. The Balaban J connectivity index is 0.00000140. The molecule has 0 spiro atoms. The molecule has 2 N–H and O–H groups in total. The van der Waals surface area contributed by atoms with Crippen LogP contribution in [0.5, 0.6) is 0 Å². The van der Waals surface area contributed by atoms with Gasteiger partial charge in [0.2, 0.25) is 5.91 Å². The van der Waals surface area contributed by atoms with Gasteiger partial charge in [-0.25, -0.2) is 0 Å². The quantitative estimate of drug-likeness (QED) is 0.677. The van der Waals surface area contributed by atoms with Crippen LogP contribution in [0.1, 0.15) is 5.56 Å². The fourth-order valence-corrected chi connectivity index (χ4v) is 3.23. The van der Waals surface area contributed by atoms with E-state index in [4.69, 9.17) is 5.73 Å². The summed E-state index contributed by atoms with van der Waals surface area (Å²) in [4.78, 5) is 16.6. The van der Waals surface area contributed by atoms with Crippen molar-refractivity contribution in [2.45, 2.75) is 12.5 Å². The van der Waals surface area contributed by atoms with Crippen molar-refractivity contribution in [2.24, 2.45) is 5.73 Å². The molecule has 1 unspecified atom stereocenters. The second kappa shape index (κ2) is 9.68. The Labute approximate surface area is 175 Å². The largest absolute Gasteiger partial charge is 0.352 e. The van der Waals surface area contributed by atoms with Gasteiger partial charge in [-0.05, 0) is 24.1 Å². The van der Waals surface area contributed by atoms with E-state index in [1.165, 1.54) is 0 Å². The van der Waals surface area contributed by atoms with E-state index in [2.05, 4.69) is 20.2 Å². The van der Waals surface area contributed by atoms with Crippen molar-refractivity contribution < 1.29 is 4.79 Å². The smallest absolute Gasteiger partial charge is 0.239 e. The zero-order valence-corrected chi connectivity index (χ0v) is 16.9. The summed E-state index contributed by atoms with van der Waals surface area (Å²) in [5.74, 6) is 0.869. The lowest BCUT2D eigenvalue weighted by Gasteiger charge is -2.36. The van der Waals surface area contributed by atoms with E-state index >= 15 is 0 Å². The van der Waals surface area contributed by atoms with Gasteiger partial charge in [-0.15, -0.1) is 40.1 Å². The second-order valence-electron chi connectivity index (χ2n) is 6.43. The summed E-state index contributed by atoms with van der Waals surface area (Å²) < 4.78 is 1.66. The Kier molecular flexibility index (Phi) is 7.56. The first-order valence-corrected chi connectivity index (χ1v) is 8.71. The van der Waals surface area contributed by atoms with Crippen molar-refractivity contribution in [3.8, 4) is 0 Å². The normalized spacial score (nSPS) is 14.9. The molecule has 3 aromatic rings. The van der Waals surface area contributed by atoms with Crippen molar-refractivity contribution in [3.63, 3.8) is 0 Å². The summed E-state index contributed by atoms with van der Waals surface area (Å²) in [5, 5.41) is 12.3. The van der Waals surface area contributed by atoms with Crippen molar-refractivity contribution in [1.82, 2.24) is 24.7 Å². The Morgan fingerprint density at radius 2 is 1.75 bits per heavy atom. The molecule has 3 heterocycles. The predicted molar refractivity (Wildman–Crippen MR) is 112 cm³/mol. The first-order chi connectivity index (χ1) is 12.7. The van der Waals surface area contributed by atoms with Crippen LogP contribution < -0.4 is 10.6 Å². The van der Waals surface area contributed by atoms with Gasteiger partial charge in [-0.3, -0.25) is 4.79 Å². The SMILES string of the molecule is Cl.Cl.NC(Cc1ccccc1)C(=O)N1CCN(c2ccc3nncn3n2)CC1. The van der Waals surface area contributed by atoms with Crippen LogP contribution in [0.4, 0.5) is 5.82 Å². The molecule has 4 rings (SSSR count). The Hall–Kier alpha value is -2.42. The molecule has 2 aromatic heterocycles. The molecule has 0 radical (unpaired) electrons. The number of benzene rings is 1. The molecule has 28 heavy (non-hydrogen) atoms. The first-order valence-electron chi connectivity index (χ1n) is 8.71. The molecule has 1 atom stereocenters. The Morgan fingerprint density at radius 3 is 2.46 bits per heavy atom. The molecule has 1 aromatic carbocycles. The standard InChI is InChI=1S/C18H21N7O.2ClH/c19-15(12-14-4-2-1-3-5-14)18(26)24-10-8-23(9-11-24)17-7-6-16-21-20-13-25(16)22-17;;/h1-7,13,15H,8-12,19H2;2*1H. The van der Waals surface area contributed by atoms with Crippen LogP contribution in [-0.2, 0) is 11.2 Å².